The van der Waals surface area contributed by atoms with Crippen molar-refractivity contribution in [1.82, 2.24) is 19.8 Å². The van der Waals surface area contributed by atoms with Crippen molar-refractivity contribution in [2.24, 2.45) is 4.99 Å². The average molecular weight is 404 g/mol. The first-order chi connectivity index (χ1) is 10.9. The van der Waals surface area contributed by atoms with Crippen LogP contribution in [0.15, 0.2) is 38.6 Å². The topological polar surface area (TPSA) is 77.0 Å². The summed E-state index contributed by atoms with van der Waals surface area (Å²) in [5.41, 5.74) is 0. The molecule has 7 nitrogen and oxygen atoms in total. The molecule has 1 aromatic rings. The van der Waals surface area contributed by atoms with Crippen molar-refractivity contribution < 1.29 is 8.42 Å². The number of hydrogen-bond acceptors (Lipinski definition) is 6. The Morgan fingerprint density at radius 3 is 2.61 bits per heavy atom. The van der Waals surface area contributed by atoms with E-state index in [1.54, 1.807) is 24.3 Å². The number of sulfonamides is 1. The summed E-state index contributed by atoms with van der Waals surface area (Å²) >= 11 is 3.29. The summed E-state index contributed by atoms with van der Waals surface area (Å²) in [5, 5.41) is 3.01. The van der Waals surface area contributed by atoms with Gasteiger partial charge in [-0.2, -0.15) is 0 Å². The first kappa shape index (κ1) is 18.2. The van der Waals surface area contributed by atoms with E-state index in [-0.39, 0.29) is 10.9 Å². The van der Waals surface area contributed by atoms with Gasteiger partial charge in [-0.25, -0.2) is 18.1 Å². The maximum Gasteiger partial charge on any atom is 0.264 e. The third-order valence-electron chi connectivity index (χ3n) is 3.33. The smallest absolute Gasteiger partial charge is 0.264 e. The van der Waals surface area contributed by atoms with Gasteiger partial charge in [-0.3, -0.25) is 4.90 Å². The molecule has 1 aliphatic rings. The standard InChI is InChI=1S/C14H22BrN5O2S/c1-19(2)8-3-9-20-10-16-14(17-11-20)18-23(21,22)13-6-4-12(15)5-7-13/h4-7H,3,8-11H2,1-2H3,(H2,16,17,18). The summed E-state index contributed by atoms with van der Waals surface area (Å²) in [6.45, 7) is 3.00. The van der Waals surface area contributed by atoms with Gasteiger partial charge in [0.25, 0.3) is 10.0 Å². The van der Waals surface area contributed by atoms with Crippen molar-refractivity contribution in [3.8, 4) is 0 Å². The van der Waals surface area contributed by atoms with E-state index in [9.17, 15) is 8.42 Å². The molecule has 0 aromatic heterocycles. The Hall–Kier alpha value is -1.16. The second-order valence-electron chi connectivity index (χ2n) is 5.59. The Morgan fingerprint density at radius 1 is 1.35 bits per heavy atom. The van der Waals surface area contributed by atoms with E-state index in [1.807, 2.05) is 14.1 Å². The van der Waals surface area contributed by atoms with E-state index in [0.29, 0.717) is 13.3 Å². The van der Waals surface area contributed by atoms with Crippen molar-refractivity contribution >= 4 is 31.9 Å². The maximum atomic E-state index is 12.3. The zero-order valence-corrected chi connectivity index (χ0v) is 15.7. The molecule has 1 heterocycles. The summed E-state index contributed by atoms with van der Waals surface area (Å²) in [4.78, 5) is 8.73. The van der Waals surface area contributed by atoms with E-state index in [0.717, 1.165) is 24.0 Å². The van der Waals surface area contributed by atoms with Gasteiger partial charge in [0.05, 0.1) is 18.2 Å². The Morgan fingerprint density at radius 2 is 2.04 bits per heavy atom. The van der Waals surface area contributed by atoms with E-state index in [4.69, 9.17) is 0 Å². The maximum absolute atomic E-state index is 12.3. The lowest BCUT2D eigenvalue weighted by atomic mass is 10.4. The molecule has 0 saturated carbocycles. The second-order valence-corrected chi connectivity index (χ2v) is 8.19. The Labute approximate surface area is 145 Å². The number of aliphatic imine (C=N–C) groups is 1. The van der Waals surface area contributed by atoms with Crippen molar-refractivity contribution in [1.29, 1.82) is 0 Å². The van der Waals surface area contributed by atoms with E-state index >= 15 is 0 Å². The summed E-state index contributed by atoms with van der Waals surface area (Å²) in [6.07, 6.45) is 1.05. The molecular formula is C14H22BrN5O2S. The van der Waals surface area contributed by atoms with Crippen molar-refractivity contribution in [3.63, 3.8) is 0 Å². The fourth-order valence-corrected chi connectivity index (χ4v) is 3.36. The minimum atomic E-state index is -3.61. The SMILES string of the molecule is CN(C)CCCN1CN=C(NS(=O)(=O)c2ccc(Br)cc2)NC1. The van der Waals surface area contributed by atoms with Gasteiger partial charge in [-0.1, -0.05) is 15.9 Å². The van der Waals surface area contributed by atoms with Crippen molar-refractivity contribution in [2.75, 3.05) is 40.5 Å². The van der Waals surface area contributed by atoms with Crippen LogP contribution in [0, 0.1) is 0 Å². The normalized spacial score (nSPS) is 16.1. The van der Waals surface area contributed by atoms with Gasteiger partial charge in [0.2, 0.25) is 5.96 Å². The van der Waals surface area contributed by atoms with Crippen LogP contribution in [0.1, 0.15) is 6.42 Å². The van der Waals surface area contributed by atoms with E-state index in [1.165, 1.54) is 0 Å². The number of rotatable bonds is 6. The number of hydrogen-bond donors (Lipinski definition) is 2. The average Bonchev–Trinajstić information content (AvgIpc) is 2.49. The quantitative estimate of drug-likeness (QED) is 0.736. The number of nitrogens with one attached hydrogen (secondary N) is 2. The number of guanidine groups is 1. The highest BCUT2D eigenvalue weighted by Crippen LogP contribution is 2.14. The predicted octanol–water partition coefficient (Wildman–Crippen LogP) is 0.855. The monoisotopic (exact) mass is 403 g/mol. The third-order valence-corrected chi connectivity index (χ3v) is 5.22. The molecule has 0 amide bonds. The van der Waals surface area contributed by atoms with E-state index in [2.05, 4.69) is 40.8 Å². The molecule has 0 atom stereocenters. The van der Waals surface area contributed by atoms with Crippen LogP contribution in [-0.4, -0.2) is 64.7 Å². The van der Waals surface area contributed by atoms with E-state index < -0.39 is 10.0 Å². The van der Waals surface area contributed by atoms with Crippen LogP contribution in [0.2, 0.25) is 0 Å². The van der Waals surface area contributed by atoms with Crippen LogP contribution in [-0.2, 0) is 10.0 Å². The molecule has 0 saturated heterocycles. The lowest BCUT2D eigenvalue weighted by molar-refractivity contribution is 0.246. The molecule has 9 heteroatoms. The van der Waals surface area contributed by atoms with Gasteiger partial charge in [0.15, 0.2) is 0 Å². The van der Waals surface area contributed by atoms with Crippen LogP contribution in [0.25, 0.3) is 0 Å². The highest BCUT2D eigenvalue weighted by atomic mass is 79.9. The molecule has 0 aliphatic carbocycles. The zero-order chi connectivity index (χ0) is 16.9. The Balaban J connectivity index is 1.89. The van der Waals surface area contributed by atoms with Crippen LogP contribution < -0.4 is 10.0 Å². The summed E-state index contributed by atoms with van der Waals surface area (Å²) < 4.78 is 27.9. The van der Waals surface area contributed by atoms with Crippen molar-refractivity contribution in [3.05, 3.63) is 28.7 Å². The van der Waals surface area contributed by atoms with Crippen LogP contribution in [0.3, 0.4) is 0 Å². The first-order valence-electron chi connectivity index (χ1n) is 7.30. The summed E-state index contributed by atoms with van der Waals surface area (Å²) in [7, 11) is 0.475. The number of nitrogens with zero attached hydrogens (tertiary/aromatic N) is 3. The lowest BCUT2D eigenvalue weighted by Crippen LogP contribution is -2.50. The molecule has 0 bridgehead atoms. The molecule has 0 fully saturated rings. The fraction of sp³-hybridized carbons (Fsp3) is 0.500. The van der Waals surface area contributed by atoms with Gasteiger partial charge in [-0.15, -0.1) is 0 Å². The van der Waals surface area contributed by atoms with Gasteiger partial charge in [0.1, 0.15) is 0 Å². The highest BCUT2D eigenvalue weighted by Gasteiger charge is 2.19. The van der Waals surface area contributed by atoms with Crippen LogP contribution in [0.5, 0.6) is 0 Å². The number of halogens is 1. The van der Waals surface area contributed by atoms with Gasteiger partial charge in [0, 0.05) is 11.0 Å². The second kappa shape index (κ2) is 8.09. The first-order valence-corrected chi connectivity index (χ1v) is 9.58. The number of benzene rings is 1. The summed E-state index contributed by atoms with van der Waals surface area (Å²) in [5.74, 6) is 0.289. The van der Waals surface area contributed by atoms with Crippen LogP contribution in [0.4, 0.5) is 0 Å². The molecule has 1 aliphatic heterocycles. The molecule has 1 aromatic carbocycles. The molecule has 2 rings (SSSR count). The minimum Gasteiger partial charge on any atom is -0.343 e. The molecule has 23 heavy (non-hydrogen) atoms. The van der Waals surface area contributed by atoms with Crippen molar-refractivity contribution in [2.45, 2.75) is 11.3 Å². The Bertz CT molecular complexity index is 646. The molecule has 0 radical (unpaired) electrons. The third kappa shape index (κ3) is 5.76. The largest absolute Gasteiger partial charge is 0.343 e. The molecular weight excluding hydrogens is 382 g/mol. The van der Waals surface area contributed by atoms with Gasteiger partial charge < -0.3 is 10.2 Å². The fourth-order valence-electron chi connectivity index (χ4n) is 2.09. The zero-order valence-electron chi connectivity index (χ0n) is 13.3. The van der Waals surface area contributed by atoms with Crippen LogP contribution >= 0.6 is 15.9 Å². The molecule has 128 valence electrons. The highest BCUT2D eigenvalue weighted by molar-refractivity contribution is 9.10. The van der Waals surface area contributed by atoms with Gasteiger partial charge in [-0.05, 0) is 51.3 Å². The Kier molecular flexibility index (Phi) is 6.40. The van der Waals surface area contributed by atoms with Gasteiger partial charge >= 0.3 is 0 Å². The summed E-state index contributed by atoms with van der Waals surface area (Å²) in [6, 6.07) is 6.47. The lowest BCUT2D eigenvalue weighted by Gasteiger charge is -2.27. The molecule has 2 N–H and O–H groups in total. The predicted molar refractivity (Wildman–Crippen MR) is 94.6 cm³/mol. The minimum absolute atomic E-state index is 0.207. The molecule has 0 spiro atoms. The molecule has 0 unspecified atom stereocenters.